The van der Waals surface area contributed by atoms with Gasteiger partial charge >= 0.3 is 6.03 Å². The molecule has 6 heteroatoms. The standard InChI is InChI=1S/C20H34N4O2/c1-6-26-15-20(9-11-22-18(25)21-5)10-12-24(14-20)19(3,4)17-8-7-16(2)23-13-17/h7-8,13H,6,9-12,14-15H2,1-5H3,(H2,21,22,25)/t20-/m1/s1. The number of amides is 2. The van der Waals surface area contributed by atoms with Gasteiger partial charge in [-0.2, -0.15) is 0 Å². The van der Waals surface area contributed by atoms with Crippen molar-refractivity contribution in [1.29, 1.82) is 0 Å². The van der Waals surface area contributed by atoms with Crippen molar-refractivity contribution in [2.24, 2.45) is 5.41 Å². The van der Waals surface area contributed by atoms with E-state index in [1.54, 1.807) is 7.05 Å². The van der Waals surface area contributed by atoms with Crippen LogP contribution >= 0.6 is 0 Å². The summed E-state index contributed by atoms with van der Waals surface area (Å²) < 4.78 is 5.82. The first-order valence-electron chi connectivity index (χ1n) is 9.54. The Labute approximate surface area is 157 Å². The molecule has 2 N–H and O–H groups in total. The van der Waals surface area contributed by atoms with Gasteiger partial charge in [0.1, 0.15) is 0 Å². The Morgan fingerprint density at radius 1 is 1.42 bits per heavy atom. The lowest BCUT2D eigenvalue weighted by Gasteiger charge is -2.38. The summed E-state index contributed by atoms with van der Waals surface area (Å²) in [6.07, 6.45) is 3.98. The van der Waals surface area contributed by atoms with Crippen LogP contribution in [0.3, 0.4) is 0 Å². The molecule has 26 heavy (non-hydrogen) atoms. The summed E-state index contributed by atoms with van der Waals surface area (Å²) in [6, 6.07) is 4.13. The number of carbonyl (C=O) groups excluding carboxylic acids is 1. The molecule has 1 atom stereocenters. The Morgan fingerprint density at radius 3 is 2.81 bits per heavy atom. The van der Waals surface area contributed by atoms with E-state index in [0.717, 1.165) is 44.8 Å². The van der Waals surface area contributed by atoms with Crippen LogP contribution in [0.1, 0.15) is 44.9 Å². The average molecular weight is 363 g/mol. The number of hydrogen-bond acceptors (Lipinski definition) is 4. The number of carbonyl (C=O) groups is 1. The minimum absolute atomic E-state index is 0.0758. The van der Waals surface area contributed by atoms with Crippen molar-refractivity contribution in [2.45, 2.75) is 46.1 Å². The second-order valence-electron chi connectivity index (χ2n) is 7.81. The van der Waals surface area contributed by atoms with Crippen molar-refractivity contribution in [2.75, 3.05) is 39.9 Å². The molecular weight excluding hydrogens is 328 g/mol. The highest BCUT2D eigenvalue weighted by atomic mass is 16.5. The fraction of sp³-hybridized carbons (Fsp3) is 0.700. The first-order chi connectivity index (χ1) is 12.3. The van der Waals surface area contributed by atoms with Gasteiger partial charge in [-0.1, -0.05) is 6.07 Å². The lowest BCUT2D eigenvalue weighted by molar-refractivity contribution is 0.0388. The third-order valence-corrected chi connectivity index (χ3v) is 5.63. The van der Waals surface area contributed by atoms with E-state index in [-0.39, 0.29) is 17.0 Å². The molecular formula is C20H34N4O2. The second-order valence-corrected chi connectivity index (χ2v) is 7.81. The fourth-order valence-corrected chi connectivity index (χ4v) is 3.67. The van der Waals surface area contributed by atoms with Crippen LogP contribution < -0.4 is 10.6 Å². The number of rotatable bonds is 8. The predicted molar refractivity (Wildman–Crippen MR) is 104 cm³/mol. The minimum Gasteiger partial charge on any atom is -0.381 e. The molecule has 0 saturated carbocycles. The highest BCUT2D eigenvalue weighted by Crippen LogP contribution is 2.40. The molecule has 1 aliphatic heterocycles. The number of urea groups is 1. The lowest BCUT2D eigenvalue weighted by Crippen LogP contribution is -2.43. The molecule has 1 aromatic heterocycles. The predicted octanol–water partition coefficient (Wildman–Crippen LogP) is 2.67. The molecule has 0 aromatic carbocycles. The number of nitrogens with one attached hydrogen (secondary N) is 2. The van der Waals surface area contributed by atoms with Crippen LogP contribution in [0, 0.1) is 12.3 Å². The molecule has 0 aliphatic carbocycles. The summed E-state index contributed by atoms with van der Waals surface area (Å²) >= 11 is 0. The third kappa shape index (κ3) is 4.95. The van der Waals surface area contributed by atoms with E-state index in [1.807, 2.05) is 20.0 Å². The highest BCUT2D eigenvalue weighted by molar-refractivity contribution is 5.73. The Morgan fingerprint density at radius 2 is 2.19 bits per heavy atom. The minimum atomic E-state index is -0.127. The molecule has 0 bridgehead atoms. The Hall–Kier alpha value is -1.66. The maximum atomic E-state index is 11.5. The molecule has 0 radical (unpaired) electrons. The van der Waals surface area contributed by atoms with Crippen molar-refractivity contribution >= 4 is 6.03 Å². The summed E-state index contributed by atoms with van der Waals surface area (Å²) in [7, 11) is 1.64. The Balaban J connectivity index is 2.08. The highest BCUT2D eigenvalue weighted by Gasteiger charge is 2.43. The van der Waals surface area contributed by atoms with Crippen LogP contribution in [-0.4, -0.2) is 55.8 Å². The molecule has 146 valence electrons. The largest absolute Gasteiger partial charge is 0.381 e. The monoisotopic (exact) mass is 362 g/mol. The Bertz CT molecular complexity index is 588. The second kappa shape index (κ2) is 8.82. The summed E-state index contributed by atoms with van der Waals surface area (Å²) in [5, 5.41) is 5.52. The zero-order valence-electron chi connectivity index (χ0n) is 16.9. The van der Waals surface area contributed by atoms with E-state index in [4.69, 9.17) is 4.74 Å². The van der Waals surface area contributed by atoms with E-state index < -0.39 is 0 Å². The fourth-order valence-electron chi connectivity index (χ4n) is 3.67. The topological polar surface area (TPSA) is 66.5 Å². The van der Waals surface area contributed by atoms with Crippen molar-refractivity contribution < 1.29 is 9.53 Å². The molecule has 0 spiro atoms. The zero-order chi connectivity index (χ0) is 19.2. The van der Waals surface area contributed by atoms with Crippen LogP contribution in [0.25, 0.3) is 0 Å². The van der Waals surface area contributed by atoms with Gasteiger partial charge < -0.3 is 15.4 Å². The quantitative estimate of drug-likeness (QED) is 0.746. The number of likely N-dealkylation sites (tertiary alicyclic amines) is 1. The van der Waals surface area contributed by atoms with Crippen LogP contribution in [0.4, 0.5) is 4.79 Å². The Kier molecular flexibility index (Phi) is 7.01. The zero-order valence-corrected chi connectivity index (χ0v) is 16.9. The summed E-state index contributed by atoms with van der Waals surface area (Å²) in [5.41, 5.74) is 2.27. The van der Waals surface area contributed by atoms with Gasteiger partial charge in [0, 0.05) is 49.6 Å². The van der Waals surface area contributed by atoms with E-state index in [0.29, 0.717) is 6.54 Å². The summed E-state index contributed by atoms with van der Waals surface area (Å²) in [4.78, 5) is 18.5. The van der Waals surface area contributed by atoms with Crippen molar-refractivity contribution in [3.63, 3.8) is 0 Å². The van der Waals surface area contributed by atoms with Gasteiger partial charge in [0.05, 0.1) is 6.61 Å². The van der Waals surface area contributed by atoms with E-state index >= 15 is 0 Å². The van der Waals surface area contributed by atoms with Gasteiger partial charge in [-0.15, -0.1) is 0 Å². The number of aryl methyl sites for hydroxylation is 1. The first-order valence-corrected chi connectivity index (χ1v) is 9.54. The number of pyridine rings is 1. The third-order valence-electron chi connectivity index (χ3n) is 5.63. The maximum absolute atomic E-state index is 11.5. The molecule has 2 rings (SSSR count). The van der Waals surface area contributed by atoms with Crippen LogP contribution in [0.5, 0.6) is 0 Å². The SMILES string of the molecule is CCOC[C@]1(CCNC(=O)NC)CCN(C(C)(C)c2ccc(C)nc2)C1. The van der Waals surface area contributed by atoms with Crippen LogP contribution in [-0.2, 0) is 10.3 Å². The van der Waals surface area contributed by atoms with Crippen LogP contribution in [0.2, 0.25) is 0 Å². The normalized spacial score (nSPS) is 21.0. The van der Waals surface area contributed by atoms with Crippen molar-refractivity contribution in [3.8, 4) is 0 Å². The van der Waals surface area contributed by atoms with Gasteiger partial charge in [0.25, 0.3) is 0 Å². The van der Waals surface area contributed by atoms with Gasteiger partial charge in [-0.05, 0) is 58.7 Å². The summed E-state index contributed by atoms with van der Waals surface area (Å²) in [6.45, 7) is 12.7. The molecule has 1 aliphatic rings. The first kappa shape index (κ1) is 20.6. The molecule has 1 aromatic rings. The maximum Gasteiger partial charge on any atom is 0.314 e. The number of hydrogen-bond donors (Lipinski definition) is 2. The molecule has 0 unspecified atom stereocenters. The molecule has 1 fully saturated rings. The number of aromatic nitrogens is 1. The van der Waals surface area contributed by atoms with Crippen LogP contribution in [0.15, 0.2) is 18.3 Å². The van der Waals surface area contributed by atoms with Crippen molar-refractivity contribution in [1.82, 2.24) is 20.5 Å². The van der Waals surface area contributed by atoms with E-state index in [9.17, 15) is 4.79 Å². The molecule has 2 amide bonds. The van der Waals surface area contributed by atoms with E-state index in [2.05, 4.69) is 46.5 Å². The summed E-state index contributed by atoms with van der Waals surface area (Å²) in [5.74, 6) is 0. The van der Waals surface area contributed by atoms with Gasteiger partial charge in [0.2, 0.25) is 0 Å². The van der Waals surface area contributed by atoms with Crippen molar-refractivity contribution in [3.05, 3.63) is 29.6 Å². The molecule has 6 nitrogen and oxygen atoms in total. The van der Waals surface area contributed by atoms with Gasteiger partial charge in [-0.3, -0.25) is 9.88 Å². The molecule has 2 heterocycles. The lowest BCUT2D eigenvalue weighted by atomic mass is 9.84. The number of ether oxygens (including phenoxy) is 1. The molecule has 1 saturated heterocycles. The smallest absolute Gasteiger partial charge is 0.314 e. The van der Waals surface area contributed by atoms with Gasteiger partial charge in [-0.25, -0.2) is 4.79 Å². The number of nitrogens with zero attached hydrogens (tertiary/aromatic N) is 2. The average Bonchev–Trinajstić information content (AvgIpc) is 3.05. The van der Waals surface area contributed by atoms with E-state index in [1.165, 1.54) is 5.56 Å². The van der Waals surface area contributed by atoms with Gasteiger partial charge in [0.15, 0.2) is 0 Å².